The van der Waals surface area contributed by atoms with Crippen LogP contribution in [0.15, 0.2) is 21.5 Å². The predicted octanol–water partition coefficient (Wildman–Crippen LogP) is 3.49. The highest BCUT2D eigenvalue weighted by Crippen LogP contribution is 2.35. The maximum Gasteiger partial charge on any atom is 0.244 e. The van der Waals surface area contributed by atoms with Crippen LogP contribution >= 0.6 is 27.5 Å². The van der Waals surface area contributed by atoms with Crippen LogP contribution in [0.25, 0.3) is 0 Å². The van der Waals surface area contributed by atoms with E-state index in [0.29, 0.717) is 27.6 Å². The van der Waals surface area contributed by atoms with Crippen LogP contribution in [0.3, 0.4) is 0 Å². The van der Waals surface area contributed by atoms with Gasteiger partial charge in [-0.15, -0.1) is 0 Å². The number of nitrogens with zero attached hydrogens (tertiary/aromatic N) is 1. The second-order valence-corrected chi connectivity index (χ2v) is 8.49. The van der Waals surface area contributed by atoms with Gasteiger partial charge in [0.2, 0.25) is 10.0 Å². The Kier molecular flexibility index (Phi) is 4.69. The lowest BCUT2D eigenvalue weighted by molar-refractivity contribution is 0.220. The molecular weight excluding hydrogens is 364 g/mol. The third-order valence-corrected chi connectivity index (χ3v) is 7.10. The van der Waals surface area contributed by atoms with Crippen LogP contribution in [0, 0.1) is 5.92 Å². The minimum absolute atomic E-state index is 0.0177. The quantitative estimate of drug-likeness (QED) is 0.798. The second-order valence-electron chi connectivity index (χ2n) is 5.40. The molecule has 4 nitrogen and oxygen atoms in total. The molecule has 1 fully saturated rings. The van der Waals surface area contributed by atoms with Crippen LogP contribution in [0.4, 0.5) is 5.69 Å². The van der Waals surface area contributed by atoms with Gasteiger partial charge in [-0.3, -0.25) is 0 Å². The summed E-state index contributed by atoms with van der Waals surface area (Å²) in [6.45, 7) is 4.62. The number of halogens is 2. The molecule has 0 bridgehead atoms. The average molecular weight is 382 g/mol. The fourth-order valence-corrected chi connectivity index (χ4v) is 5.55. The first kappa shape index (κ1) is 16.1. The Hall–Kier alpha value is -0.300. The van der Waals surface area contributed by atoms with Gasteiger partial charge in [-0.05, 0) is 53.7 Å². The minimum atomic E-state index is -3.59. The lowest BCUT2D eigenvalue weighted by Crippen LogP contribution is -2.44. The van der Waals surface area contributed by atoms with Crippen molar-refractivity contribution in [2.75, 3.05) is 12.3 Å². The standard InChI is InChI=1S/C13H18BrClN2O2S/c1-8-3-4-17(9(2)5-8)20(18,19)12-7-10(15)6-11(16)13(12)14/h6-9H,3-5,16H2,1-2H3. The van der Waals surface area contributed by atoms with Gasteiger partial charge in [0.25, 0.3) is 0 Å². The van der Waals surface area contributed by atoms with Gasteiger partial charge in [0.05, 0.1) is 9.37 Å². The minimum Gasteiger partial charge on any atom is -0.398 e. The summed E-state index contributed by atoms with van der Waals surface area (Å²) in [7, 11) is -3.59. The highest BCUT2D eigenvalue weighted by molar-refractivity contribution is 9.10. The van der Waals surface area contributed by atoms with E-state index in [2.05, 4.69) is 22.9 Å². The van der Waals surface area contributed by atoms with Gasteiger partial charge in [-0.25, -0.2) is 8.42 Å². The average Bonchev–Trinajstić information content (AvgIpc) is 2.33. The molecule has 112 valence electrons. The lowest BCUT2D eigenvalue weighted by atomic mass is 9.95. The van der Waals surface area contributed by atoms with Crippen molar-refractivity contribution in [3.8, 4) is 0 Å². The fourth-order valence-electron chi connectivity index (χ4n) is 2.64. The third kappa shape index (κ3) is 2.98. The summed E-state index contributed by atoms with van der Waals surface area (Å²) >= 11 is 9.20. The first-order valence-corrected chi connectivity index (χ1v) is 9.11. The van der Waals surface area contributed by atoms with Gasteiger partial charge in [-0.1, -0.05) is 18.5 Å². The van der Waals surface area contributed by atoms with Crippen LogP contribution in [0.2, 0.25) is 5.02 Å². The molecule has 1 aliphatic heterocycles. The van der Waals surface area contributed by atoms with E-state index in [-0.39, 0.29) is 10.9 Å². The summed E-state index contributed by atoms with van der Waals surface area (Å²) in [4.78, 5) is 0.143. The van der Waals surface area contributed by atoms with Crippen LogP contribution in [0.5, 0.6) is 0 Å². The Balaban J connectivity index is 2.46. The van der Waals surface area contributed by atoms with Gasteiger partial charge < -0.3 is 5.73 Å². The van der Waals surface area contributed by atoms with Crippen LogP contribution in [-0.2, 0) is 10.0 Å². The second kappa shape index (κ2) is 5.83. The summed E-state index contributed by atoms with van der Waals surface area (Å²) in [5.74, 6) is 0.546. The van der Waals surface area contributed by atoms with Crippen molar-refractivity contribution < 1.29 is 8.42 Å². The molecule has 0 spiro atoms. The molecule has 0 radical (unpaired) electrons. The zero-order chi connectivity index (χ0) is 15.1. The topological polar surface area (TPSA) is 63.4 Å². The number of anilines is 1. The summed E-state index contributed by atoms with van der Waals surface area (Å²) in [5.41, 5.74) is 6.12. The van der Waals surface area contributed by atoms with Gasteiger partial charge in [0.15, 0.2) is 0 Å². The molecule has 1 aliphatic rings. The largest absolute Gasteiger partial charge is 0.398 e. The maximum absolute atomic E-state index is 12.8. The third-order valence-electron chi connectivity index (χ3n) is 3.70. The summed E-state index contributed by atoms with van der Waals surface area (Å²) < 4.78 is 27.5. The predicted molar refractivity (Wildman–Crippen MR) is 85.3 cm³/mol. The molecule has 1 aromatic carbocycles. The molecule has 0 aliphatic carbocycles. The molecule has 1 heterocycles. The summed E-state index contributed by atoms with van der Waals surface area (Å²) in [6.07, 6.45) is 1.74. The van der Waals surface area contributed by atoms with Crippen molar-refractivity contribution in [2.24, 2.45) is 5.92 Å². The molecule has 2 atom stereocenters. The van der Waals surface area contributed by atoms with Crippen molar-refractivity contribution in [1.82, 2.24) is 4.31 Å². The molecule has 0 saturated carbocycles. The maximum atomic E-state index is 12.8. The molecule has 1 aromatic rings. The summed E-state index contributed by atoms with van der Waals surface area (Å²) in [6, 6.07) is 2.96. The van der Waals surface area contributed by atoms with Gasteiger partial charge in [0.1, 0.15) is 0 Å². The zero-order valence-electron chi connectivity index (χ0n) is 11.4. The summed E-state index contributed by atoms with van der Waals surface area (Å²) in [5, 5.41) is 0.322. The first-order valence-electron chi connectivity index (χ1n) is 6.50. The number of hydrogen-bond donors (Lipinski definition) is 1. The van der Waals surface area contributed by atoms with Gasteiger partial charge in [-0.2, -0.15) is 4.31 Å². The van der Waals surface area contributed by atoms with Crippen molar-refractivity contribution >= 4 is 43.2 Å². The van der Waals surface area contributed by atoms with Crippen molar-refractivity contribution in [1.29, 1.82) is 0 Å². The van der Waals surface area contributed by atoms with E-state index in [1.54, 1.807) is 4.31 Å². The number of hydrogen-bond acceptors (Lipinski definition) is 3. The fraction of sp³-hybridized carbons (Fsp3) is 0.538. The monoisotopic (exact) mass is 380 g/mol. The van der Waals surface area contributed by atoms with Crippen molar-refractivity contribution in [3.63, 3.8) is 0 Å². The Labute approximate surface area is 133 Å². The van der Waals surface area contributed by atoms with Crippen molar-refractivity contribution in [3.05, 3.63) is 21.6 Å². The number of benzene rings is 1. The van der Waals surface area contributed by atoms with Crippen LogP contribution < -0.4 is 5.73 Å². The number of piperidine rings is 1. The zero-order valence-corrected chi connectivity index (χ0v) is 14.6. The number of rotatable bonds is 2. The Morgan fingerprint density at radius 1 is 1.40 bits per heavy atom. The van der Waals surface area contributed by atoms with E-state index >= 15 is 0 Å². The number of nitrogens with two attached hydrogens (primary N) is 1. The van der Waals surface area contributed by atoms with E-state index in [9.17, 15) is 8.42 Å². The van der Waals surface area contributed by atoms with E-state index < -0.39 is 10.0 Å². The molecular formula is C13H18BrClN2O2S. The number of sulfonamides is 1. The molecule has 2 rings (SSSR count). The van der Waals surface area contributed by atoms with E-state index in [1.807, 2.05) is 6.92 Å². The molecule has 2 N–H and O–H groups in total. The van der Waals surface area contributed by atoms with E-state index in [4.69, 9.17) is 17.3 Å². The first-order chi connectivity index (χ1) is 9.23. The van der Waals surface area contributed by atoms with E-state index in [0.717, 1.165) is 12.8 Å². The van der Waals surface area contributed by atoms with E-state index in [1.165, 1.54) is 12.1 Å². The molecule has 7 heteroatoms. The highest BCUT2D eigenvalue weighted by Gasteiger charge is 2.34. The van der Waals surface area contributed by atoms with Crippen molar-refractivity contribution in [2.45, 2.75) is 37.6 Å². The van der Waals surface area contributed by atoms with Crippen LogP contribution in [-0.4, -0.2) is 25.3 Å². The van der Waals surface area contributed by atoms with Gasteiger partial charge in [0, 0.05) is 23.3 Å². The molecule has 0 aromatic heterocycles. The Bertz CT molecular complexity index is 621. The molecule has 0 amide bonds. The SMILES string of the molecule is CC1CCN(S(=O)(=O)c2cc(Cl)cc(N)c2Br)C(C)C1. The molecule has 20 heavy (non-hydrogen) atoms. The normalized spacial score (nSPS) is 24.8. The van der Waals surface area contributed by atoms with Gasteiger partial charge >= 0.3 is 0 Å². The molecule has 2 unspecified atom stereocenters. The highest BCUT2D eigenvalue weighted by atomic mass is 79.9. The Morgan fingerprint density at radius 2 is 2.05 bits per heavy atom. The smallest absolute Gasteiger partial charge is 0.244 e. The molecule has 1 saturated heterocycles. The van der Waals surface area contributed by atoms with Crippen LogP contribution in [0.1, 0.15) is 26.7 Å². The Morgan fingerprint density at radius 3 is 2.65 bits per heavy atom. The lowest BCUT2D eigenvalue weighted by Gasteiger charge is -2.35. The number of nitrogen functional groups attached to an aromatic ring is 1.